The summed E-state index contributed by atoms with van der Waals surface area (Å²) in [7, 11) is 0. The van der Waals surface area contributed by atoms with Gasteiger partial charge in [-0.25, -0.2) is 0 Å². The molecule has 1 fully saturated rings. The third-order valence-electron chi connectivity index (χ3n) is 3.88. The van der Waals surface area contributed by atoms with Crippen LogP contribution in [0.2, 0.25) is 0 Å². The van der Waals surface area contributed by atoms with E-state index >= 15 is 0 Å². The number of hydrogen-bond acceptors (Lipinski definition) is 10. The Bertz CT molecular complexity index is 678. The number of ether oxygens (including phenoxy) is 5. The van der Waals surface area contributed by atoms with Crippen molar-refractivity contribution in [2.45, 2.75) is 64.8 Å². The molecule has 0 aromatic rings. The fraction of sp³-hybridized carbons (Fsp3) is 0.722. The van der Waals surface area contributed by atoms with Gasteiger partial charge in [0.15, 0.2) is 17.3 Å². The van der Waals surface area contributed by atoms with Gasteiger partial charge in [-0.15, -0.1) is 0 Å². The molecule has 31 heavy (non-hydrogen) atoms. The zero-order chi connectivity index (χ0) is 23.6. The van der Waals surface area contributed by atoms with Crippen LogP contribution in [-0.2, 0) is 42.9 Å². The Morgan fingerprint density at radius 1 is 0.935 bits per heavy atom. The first-order valence-electron chi connectivity index (χ1n) is 9.46. The lowest BCUT2D eigenvalue weighted by molar-refractivity contribution is -0.269. The van der Waals surface area contributed by atoms with Crippen LogP contribution in [0.25, 0.3) is 0 Å². The monoisotopic (exact) mass is 466 g/mol. The summed E-state index contributed by atoms with van der Waals surface area (Å²) in [6.07, 6.45) is -4.73. The Kier molecular flexibility index (Phi) is 11.1. The van der Waals surface area contributed by atoms with Crippen LogP contribution in [-0.4, -0.2) is 79.5 Å². The van der Waals surface area contributed by atoms with Gasteiger partial charge in [0.25, 0.3) is 0 Å². The summed E-state index contributed by atoms with van der Waals surface area (Å²) in [5.41, 5.74) is 0. The average molecular weight is 466 g/mol. The quantitative estimate of drug-likeness (QED) is 0.203. The predicted octanol–water partition coefficient (Wildman–Crippen LogP) is -0.107. The Balaban J connectivity index is 3.24. The van der Waals surface area contributed by atoms with Crippen LogP contribution in [0.5, 0.6) is 0 Å². The molecule has 0 saturated carbocycles. The second kappa shape index (κ2) is 13.0. The molecule has 1 aliphatic heterocycles. The summed E-state index contributed by atoms with van der Waals surface area (Å²) in [6.45, 7) is 3.87. The van der Waals surface area contributed by atoms with Gasteiger partial charge in [0, 0.05) is 34.2 Å². The molecule has 0 aromatic heterocycles. The highest BCUT2D eigenvalue weighted by atomic mass is 32.1. The lowest BCUT2D eigenvalue weighted by Gasteiger charge is -2.44. The fourth-order valence-electron chi connectivity index (χ4n) is 2.79. The van der Waals surface area contributed by atoms with Gasteiger partial charge in [-0.05, 0) is 18.6 Å². The maximum Gasteiger partial charge on any atom is 0.305 e. The second-order valence-electron chi connectivity index (χ2n) is 6.57. The number of thiocarbonyl (C=S) groups is 1. The molecule has 0 aromatic carbocycles. The van der Waals surface area contributed by atoms with Crippen LogP contribution >= 0.6 is 12.2 Å². The molecule has 11 nitrogen and oxygen atoms in total. The molecule has 1 rings (SSSR count). The highest BCUT2D eigenvalue weighted by Gasteiger charge is 2.52. The van der Waals surface area contributed by atoms with Crippen molar-refractivity contribution in [2.24, 2.45) is 0 Å². The highest BCUT2D eigenvalue weighted by molar-refractivity contribution is 7.80. The summed E-state index contributed by atoms with van der Waals surface area (Å²) in [6, 6.07) is -1.10. The largest absolute Gasteiger partial charge is 0.463 e. The number of esters is 4. The van der Waals surface area contributed by atoms with E-state index in [1.807, 2.05) is 0 Å². The summed E-state index contributed by atoms with van der Waals surface area (Å²) < 4.78 is 38.8. The van der Waals surface area contributed by atoms with E-state index in [-0.39, 0.29) is 24.7 Å². The standard InChI is InChI=1S/C18H27FN2O9S/c1-9(22)26-8-13-15(27-10(2)23)16(28-11(3)24)14(17(30-13)29-12(4)25)21-18(31)20-7-5-6-19/h13-17H,5-8H2,1-4H3,(H2,20,21,31)/t13-,14-,15-,16-,17-/m1/s1. The van der Waals surface area contributed by atoms with Crippen molar-refractivity contribution in [2.75, 3.05) is 19.8 Å². The third-order valence-corrected chi connectivity index (χ3v) is 4.14. The fourth-order valence-corrected chi connectivity index (χ4v) is 3.03. The zero-order valence-corrected chi connectivity index (χ0v) is 18.5. The molecule has 0 bridgehead atoms. The summed E-state index contributed by atoms with van der Waals surface area (Å²) >= 11 is 5.16. The lowest BCUT2D eigenvalue weighted by atomic mass is 9.96. The smallest absolute Gasteiger partial charge is 0.305 e. The summed E-state index contributed by atoms with van der Waals surface area (Å²) in [5.74, 6) is -2.78. The molecule has 1 saturated heterocycles. The first-order valence-corrected chi connectivity index (χ1v) is 9.86. The third kappa shape index (κ3) is 9.42. The van der Waals surface area contributed by atoms with Gasteiger partial charge < -0.3 is 34.3 Å². The molecule has 0 amide bonds. The highest BCUT2D eigenvalue weighted by Crippen LogP contribution is 2.28. The Hall–Kier alpha value is -2.54. The van der Waals surface area contributed by atoms with Crippen molar-refractivity contribution in [3.63, 3.8) is 0 Å². The van der Waals surface area contributed by atoms with E-state index in [2.05, 4.69) is 10.6 Å². The van der Waals surface area contributed by atoms with E-state index in [0.717, 1.165) is 20.8 Å². The van der Waals surface area contributed by atoms with Crippen LogP contribution in [0.15, 0.2) is 0 Å². The van der Waals surface area contributed by atoms with Crippen molar-refractivity contribution in [3.8, 4) is 0 Å². The molecule has 1 heterocycles. The van der Waals surface area contributed by atoms with Crippen LogP contribution in [0.3, 0.4) is 0 Å². The topological polar surface area (TPSA) is 138 Å². The van der Waals surface area contributed by atoms with E-state index in [9.17, 15) is 23.6 Å². The number of hydrogen-bond donors (Lipinski definition) is 2. The van der Waals surface area contributed by atoms with E-state index in [1.165, 1.54) is 6.92 Å². The number of rotatable bonds is 9. The average Bonchev–Trinajstić information content (AvgIpc) is 2.64. The van der Waals surface area contributed by atoms with Gasteiger partial charge in [0.2, 0.25) is 6.29 Å². The maximum absolute atomic E-state index is 12.3. The summed E-state index contributed by atoms with van der Waals surface area (Å²) in [5, 5.41) is 5.59. The number of carbonyl (C=O) groups excluding carboxylic acids is 4. The van der Waals surface area contributed by atoms with E-state index in [1.54, 1.807) is 0 Å². The van der Waals surface area contributed by atoms with Gasteiger partial charge in [-0.1, -0.05) is 0 Å². The lowest BCUT2D eigenvalue weighted by Crippen LogP contribution is -2.67. The summed E-state index contributed by atoms with van der Waals surface area (Å²) in [4.78, 5) is 46.3. The van der Waals surface area contributed by atoms with Crippen molar-refractivity contribution in [1.29, 1.82) is 0 Å². The molecule has 176 valence electrons. The molecule has 0 aliphatic carbocycles. The Morgan fingerprint density at radius 3 is 2.03 bits per heavy atom. The van der Waals surface area contributed by atoms with Gasteiger partial charge in [0.1, 0.15) is 18.8 Å². The van der Waals surface area contributed by atoms with Crippen LogP contribution < -0.4 is 10.6 Å². The molecule has 1 aliphatic rings. The van der Waals surface area contributed by atoms with E-state index < -0.39 is 61.2 Å². The first kappa shape index (κ1) is 26.5. The van der Waals surface area contributed by atoms with Crippen molar-refractivity contribution in [3.05, 3.63) is 0 Å². The molecular weight excluding hydrogens is 439 g/mol. The number of halogens is 1. The molecule has 13 heteroatoms. The molecule has 0 spiro atoms. The Morgan fingerprint density at radius 2 is 1.52 bits per heavy atom. The SMILES string of the molecule is CC(=O)OC[C@H]1O[C@@H](OC(C)=O)[C@H](NC(=S)NCCCF)[C@@H](OC(C)=O)[C@@H]1OC(C)=O. The van der Waals surface area contributed by atoms with Crippen molar-refractivity contribution < 1.29 is 47.3 Å². The zero-order valence-electron chi connectivity index (χ0n) is 17.7. The molecular formula is C18H27FN2O9S. The minimum Gasteiger partial charge on any atom is -0.463 e. The minimum atomic E-state index is -1.35. The molecule has 0 radical (unpaired) electrons. The van der Waals surface area contributed by atoms with Gasteiger partial charge in [-0.2, -0.15) is 0 Å². The predicted molar refractivity (Wildman–Crippen MR) is 106 cm³/mol. The number of alkyl halides is 1. The number of nitrogens with one attached hydrogen (secondary N) is 2. The first-order chi connectivity index (χ1) is 14.5. The van der Waals surface area contributed by atoms with Crippen molar-refractivity contribution >= 4 is 41.2 Å². The molecule has 2 N–H and O–H groups in total. The maximum atomic E-state index is 12.3. The minimum absolute atomic E-state index is 0.0383. The van der Waals surface area contributed by atoms with E-state index in [0.29, 0.717) is 0 Å². The van der Waals surface area contributed by atoms with Crippen LogP contribution in [0, 0.1) is 0 Å². The normalized spacial score (nSPS) is 25.0. The number of carbonyl (C=O) groups is 4. The van der Waals surface area contributed by atoms with Crippen LogP contribution in [0.1, 0.15) is 34.1 Å². The van der Waals surface area contributed by atoms with Crippen molar-refractivity contribution in [1.82, 2.24) is 10.6 Å². The molecule has 0 unspecified atom stereocenters. The Labute approximate surface area is 184 Å². The van der Waals surface area contributed by atoms with Gasteiger partial charge >= 0.3 is 23.9 Å². The molecule has 5 atom stereocenters. The van der Waals surface area contributed by atoms with E-state index in [4.69, 9.17) is 35.9 Å². The van der Waals surface area contributed by atoms with Gasteiger partial charge in [0.05, 0.1) is 6.67 Å². The van der Waals surface area contributed by atoms with Crippen LogP contribution in [0.4, 0.5) is 4.39 Å². The second-order valence-corrected chi connectivity index (χ2v) is 6.98. The van der Waals surface area contributed by atoms with Gasteiger partial charge in [-0.3, -0.25) is 23.6 Å².